The number of nitrogens with zero attached hydrogens (tertiary/aromatic N) is 1. The van der Waals surface area contributed by atoms with Gasteiger partial charge in [-0.25, -0.2) is 4.79 Å². The fourth-order valence-corrected chi connectivity index (χ4v) is 0.867. The Morgan fingerprint density at radius 1 is 1.67 bits per heavy atom. The average Bonchev–Trinajstić information content (AvgIpc) is 2.47. The Labute approximate surface area is 101 Å². The maximum atomic E-state index is 11.1. The van der Waals surface area contributed by atoms with Gasteiger partial charge in [-0.2, -0.15) is 4.98 Å². The highest BCUT2D eigenvalue weighted by Crippen LogP contribution is 2.24. The molecule has 1 amide bonds. The number of rotatable bonds is 2. The summed E-state index contributed by atoms with van der Waals surface area (Å²) in [7, 11) is 0. The van der Waals surface area contributed by atoms with Gasteiger partial charge in [0.1, 0.15) is 6.26 Å². The van der Waals surface area contributed by atoms with Crippen molar-refractivity contribution in [2.45, 2.75) is 10.7 Å². The monoisotopic (exact) mass is 272 g/mol. The average molecular weight is 274 g/mol. The molecule has 0 aliphatic rings. The van der Waals surface area contributed by atoms with Crippen LogP contribution in [0.3, 0.4) is 0 Å². The number of ether oxygens (including phenoxy) is 1. The second kappa shape index (κ2) is 4.92. The third-order valence-corrected chi connectivity index (χ3v) is 1.61. The second-order valence-corrected chi connectivity index (χ2v) is 5.13. The van der Waals surface area contributed by atoms with Gasteiger partial charge in [0, 0.05) is 0 Å². The maximum Gasteiger partial charge on any atom is 0.416 e. The molecule has 0 atom stereocenters. The second-order valence-electron chi connectivity index (χ2n) is 2.61. The number of hydrogen-bond acceptors (Lipinski definition) is 4. The molecule has 0 unspecified atom stereocenters. The molecule has 5 nitrogen and oxygen atoms in total. The number of hydrogen-bond donors (Lipinski definition) is 1. The zero-order chi connectivity index (χ0) is 11.5. The molecule has 8 heteroatoms. The molecule has 1 aromatic rings. The number of amides is 1. The van der Waals surface area contributed by atoms with Crippen LogP contribution in [-0.4, -0.2) is 21.4 Å². The van der Waals surface area contributed by atoms with Crippen LogP contribution in [0.4, 0.5) is 4.79 Å². The molecule has 0 aliphatic heterocycles. The van der Waals surface area contributed by atoms with E-state index < -0.39 is 9.89 Å². The molecule has 15 heavy (non-hydrogen) atoms. The molecular formula is C7H7Cl3N2O3. The van der Waals surface area contributed by atoms with Crippen LogP contribution in [-0.2, 0) is 0 Å². The molecule has 0 radical (unpaired) electrons. The molecule has 0 saturated heterocycles. The molecule has 0 spiro atoms. The minimum atomic E-state index is -1.56. The molecular weight excluding hydrogens is 266 g/mol. The van der Waals surface area contributed by atoms with Crippen molar-refractivity contribution in [2.75, 3.05) is 6.54 Å². The van der Waals surface area contributed by atoms with Gasteiger partial charge in [0.05, 0.1) is 12.2 Å². The van der Waals surface area contributed by atoms with Gasteiger partial charge in [-0.3, -0.25) is 0 Å². The molecule has 0 aliphatic carbocycles. The Kier molecular flexibility index (Phi) is 4.07. The van der Waals surface area contributed by atoms with E-state index in [9.17, 15) is 4.79 Å². The van der Waals surface area contributed by atoms with Crippen LogP contribution in [0, 0.1) is 6.92 Å². The van der Waals surface area contributed by atoms with Gasteiger partial charge in [-0.05, 0) is 6.92 Å². The predicted molar refractivity (Wildman–Crippen MR) is 55.6 cm³/mol. The van der Waals surface area contributed by atoms with Crippen molar-refractivity contribution < 1.29 is 13.9 Å². The van der Waals surface area contributed by atoms with Crippen molar-refractivity contribution in [3.8, 4) is 6.08 Å². The summed E-state index contributed by atoms with van der Waals surface area (Å²) in [5.74, 6) is 0. The molecule has 1 rings (SSSR count). The summed E-state index contributed by atoms with van der Waals surface area (Å²) >= 11 is 16.2. The molecule has 1 aromatic heterocycles. The first-order chi connectivity index (χ1) is 6.87. The summed E-state index contributed by atoms with van der Waals surface area (Å²) in [6.07, 6.45) is 0.384. The first-order valence-electron chi connectivity index (χ1n) is 3.81. The van der Waals surface area contributed by atoms with Gasteiger partial charge in [0.15, 0.2) is 0 Å². The standard InChI is InChI=1S/C7H7Cl3N2O3/c1-4-2-14-6(12-4)15-5(13)11-3-7(8,9)10/h2H,3H2,1H3,(H,11,13). The van der Waals surface area contributed by atoms with E-state index in [4.69, 9.17) is 39.2 Å². The van der Waals surface area contributed by atoms with Crippen LogP contribution >= 0.6 is 34.8 Å². The fourth-order valence-electron chi connectivity index (χ4n) is 0.667. The van der Waals surface area contributed by atoms with Gasteiger partial charge >= 0.3 is 12.2 Å². The molecule has 0 bridgehead atoms. The lowest BCUT2D eigenvalue weighted by atomic mass is 10.6. The zero-order valence-corrected chi connectivity index (χ0v) is 9.86. The minimum absolute atomic E-state index is 0.158. The van der Waals surface area contributed by atoms with Crippen molar-refractivity contribution in [3.05, 3.63) is 12.0 Å². The first kappa shape index (κ1) is 12.4. The highest BCUT2D eigenvalue weighted by Gasteiger charge is 2.21. The lowest BCUT2D eigenvalue weighted by Gasteiger charge is -2.10. The van der Waals surface area contributed by atoms with Gasteiger partial charge in [0.25, 0.3) is 0 Å². The van der Waals surface area contributed by atoms with E-state index in [-0.39, 0.29) is 12.6 Å². The molecule has 1 N–H and O–H groups in total. The highest BCUT2D eigenvalue weighted by molar-refractivity contribution is 6.67. The molecule has 84 valence electrons. The topological polar surface area (TPSA) is 64.4 Å². The third-order valence-electron chi connectivity index (χ3n) is 1.21. The summed E-state index contributed by atoms with van der Waals surface area (Å²) < 4.78 is 7.84. The number of oxazole rings is 1. The summed E-state index contributed by atoms with van der Waals surface area (Å²) in [5.41, 5.74) is 0.596. The van der Waals surface area contributed by atoms with Crippen molar-refractivity contribution in [1.29, 1.82) is 0 Å². The van der Waals surface area contributed by atoms with Gasteiger partial charge in [-0.15, -0.1) is 0 Å². The predicted octanol–water partition coefficient (Wildman–Crippen LogP) is 2.44. The molecule has 1 heterocycles. The number of aromatic nitrogens is 1. The van der Waals surface area contributed by atoms with Crippen LogP contribution in [0.5, 0.6) is 6.08 Å². The Bertz CT molecular complexity index is 347. The van der Waals surface area contributed by atoms with E-state index in [0.29, 0.717) is 5.69 Å². The van der Waals surface area contributed by atoms with E-state index in [1.807, 2.05) is 0 Å². The SMILES string of the molecule is Cc1coc(OC(=O)NCC(Cl)(Cl)Cl)n1. The lowest BCUT2D eigenvalue weighted by Crippen LogP contribution is -2.34. The Morgan fingerprint density at radius 2 is 2.33 bits per heavy atom. The normalized spacial score (nSPS) is 11.2. The van der Waals surface area contributed by atoms with Gasteiger partial charge < -0.3 is 14.5 Å². The van der Waals surface area contributed by atoms with E-state index in [0.717, 1.165) is 0 Å². The van der Waals surface area contributed by atoms with E-state index in [2.05, 4.69) is 15.0 Å². The zero-order valence-electron chi connectivity index (χ0n) is 7.59. The Hall–Kier alpha value is -0.650. The number of carbonyl (C=O) groups excluding carboxylic acids is 1. The van der Waals surface area contributed by atoms with Crippen molar-refractivity contribution in [1.82, 2.24) is 10.3 Å². The number of nitrogens with one attached hydrogen (secondary N) is 1. The van der Waals surface area contributed by atoms with Crippen LogP contribution < -0.4 is 10.1 Å². The van der Waals surface area contributed by atoms with Crippen LogP contribution in [0.2, 0.25) is 0 Å². The molecule has 0 saturated carbocycles. The highest BCUT2D eigenvalue weighted by atomic mass is 35.6. The van der Waals surface area contributed by atoms with Crippen LogP contribution in [0.1, 0.15) is 5.69 Å². The van der Waals surface area contributed by atoms with Crippen molar-refractivity contribution >= 4 is 40.9 Å². The minimum Gasteiger partial charge on any atom is -0.417 e. The summed E-state index contributed by atoms with van der Waals surface area (Å²) in [6.45, 7) is 1.52. The largest absolute Gasteiger partial charge is 0.417 e. The number of halogens is 3. The van der Waals surface area contributed by atoms with Crippen molar-refractivity contribution in [2.24, 2.45) is 0 Å². The summed E-state index contributed by atoms with van der Waals surface area (Å²) in [6, 6.07) is 0. The fraction of sp³-hybridized carbons (Fsp3) is 0.429. The first-order valence-corrected chi connectivity index (χ1v) is 4.95. The smallest absolute Gasteiger partial charge is 0.416 e. The summed E-state index contributed by atoms with van der Waals surface area (Å²) in [5, 5.41) is 2.22. The van der Waals surface area contributed by atoms with Crippen molar-refractivity contribution in [3.63, 3.8) is 0 Å². The maximum absolute atomic E-state index is 11.1. The number of alkyl halides is 3. The quantitative estimate of drug-likeness (QED) is 0.841. The van der Waals surface area contributed by atoms with Gasteiger partial charge in [-0.1, -0.05) is 34.8 Å². The number of aryl methyl sites for hydroxylation is 1. The third kappa shape index (κ3) is 5.11. The number of carbonyl (C=O) groups is 1. The Morgan fingerprint density at radius 3 is 2.80 bits per heavy atom. The van der Waals surface area contributed by atoms with E-state index in [1.54, 1.807) is 6.92 Å². The lowest BCUT2D eigenvalue weighted by molar-refractivity contribution is 0.184. The van der Waals surface area contributed by atoms with E-state index in [1.165, 1.54) is 6.26 Å². The van der Waals surface area contributed by atoms with E-state index >= 15 is 0 Å². The summed E-state index contributed by atoms with van der Waals surface area (Å²) in [4.78, 5) is 14.8. The van der Waals surface area contributed by atoms with Crippen LogP contribution in [0.15, 0.2) is 10.7 Å². The van der Waals surface area contributed by atoms with Crippen LogP contribution in [0.25, 0.3) is 0 Å². The molecule has 0 fully saturated rings. The van der Waals surface area contributed by atoms with Gasteiger partial charge in [0.2, 0.25) is 3.79 Å². The Balaban J connectivity index is 2.37. The molecule has 0 aromatic carbocycles.